The fourth-order valence-corrected chi connectivity index (χ4v) is 0.866. The maximum Gasteiger partial charge on any atom is 0.104 e. The summed E-state index contributed by atoms with van der Waals surface area (Å²) in [6.07, 6.45) is 0. The molecule has 0 saturated heterocycles. The molecule has 0 atom stereocenters. The second kappa shape index (κ2) is 5.43. The van der Waals surface area contributed by atoms with Crippen LogP contribution in [0.15, 0.2) is 35.5 Å². The molecule has 0 amide bonds. The summed E-state index contributed by atoms with van der Waals surface area (Å²) < 4.78 is 5.17. The smallest absolute Gasteiger partial charge is 0.104 e. The fraction of sp³-hybridized carbons (Fsp3) is 0.333. The minimum atomic E-state index is 0.229. The predicted molar refractivity (Wildman–Crippen MR) is 46.8 cm³/mol. The van der Waals surface area contributed by atoms with Crippen molar-refractivity contribution in [2.24, 2.45) is 5.18 Å². The largest absolute Gasteiger partial charge is 0.375 e. The zero-order valence-electron chi connectivity index (χ0n) is 6.77. The average molecular weight is 165 g/mol. The molecule has 1 aromatic carbocycles. The van der Waals surface area contributed by atoms with Gasteiger partial charge in [0.25, 0.3) is 0 Å². The lowest BCUT2D eigenvalue weighted by atomic mass is 10.2. The number of rotatable bonds is 5. The first-order chi connectivity index (χ1) is 5.93. The molecule has 0 saturated carbocycles. The van der Waals surface area contributed by atoms with Crippen molar-refractivity contribution in [3.05, 3.63) is 40.8 Å². The zero-order valence-corrected chi connectivity index (χ0v) is 6.77. The summed E-state index contributed by atoms with van der Waals surface area (Å²) in [6.45, 7) is 1.18. The highest BCUT2D eigenvalue weighted by molar-refractivity contribution is 5.13. The summed E-state index contributed by atoms with van der Waals surface area (Å²) in [5, 5.41) is 2.69. The van der Waals surface area contributed by atoms with Crippen molar-refractivity contribution in [3.8, 4) is 0 Å². The number of hydrogen-bond donors (Lipinski definition) is 0. The molecule has 0 aliphatic heterocycles. The highest BCUT2D eigenvalue weighted by Gasteiger charge is 1.90. The minimum absolute atomic E-state index is 0.229. The predicted octanol–water partition coefficient (Wildman–Crippen LogP) is 1.97. The number of nitrogens with zero attached hydrogens (tertiary/aromatic N) is 1. The second-order valence-corrected chi connectivity index (χ2v) is 2.39. The molecule has 1 rings (SSSR count). The first kappa shape index (κ1) is 8.87. The maximum atomic E-state index is 9.69. The van der Waals surface area contributed by atoms with Gasteiger partial charge in [0.2, 0.25) is 0 Å². The van der Waals surface area contributed by atoms with Crippen LogP contribution in [0.1, 0.15) is 5.56 Å². The van der Waals surface area contributed by atoms with E-state index in [0.29, 0.717) is 13.2 Å². The molecule has 0 fully saturated rings. The summed E-state index contributed by atoms with van der Waals surface area (Å²) in [6, 6.07) is 9.83. The van der Waals surface area contributed by atoms with Crippen molar-refractivity contribution in [2.75, 3.05) is 13.2 Å². The van der Waals surface area contributed by atoms with Crippen LogP contribution >= 0.6 is 0 Å². The summed E-state index contributed by atoms with van der Waals surface area (Å²) in [7, 11) is 0. The lowest BCUT2D eigenvalue weighted by Crippen LogP contribution is -1.97. The van der Waals surface area contributed by atoms with Gasteiger partial charge in [-0.3, -0.25) is 0 Å². The normalized spacial score (nSPS) is 9.67. The van der Waals surface area contributed by atoms with E-state index >= 15 is 0 Å². The Hall–Kier alpha value is -1.22. The van der Waals surface area contributed by atoms with E-state index in [9.17, 15) is 4.91 Å². The van der Waals surface area contributed by atoms with Crippen LogP contribution in [0, 0.1) is 4.91 Å². The van der Waals surface area contributed by atoms with E-state index in [0.717, 1.165) is 5.56 Å². The SMILES string of the molecule is O=NCCOCc1ccccc1. The van der Waals surface area contributed by atoms with Crippen LogP contribution in [0.2, 0.25) is 0 Å². The Bertz CT molecular complexity index is 223. The molecule has 0 heterocycles. The number of ether oxygens (including phenoxy) is 1. The van der Waals surface area contributed by atoms with Crippen LogP contribution in [0.25, 0.3) is 0 Å². The van der Waals surface area contributed by atoms with Crippen LogP contribution in [-0.4, -0.2) is 13.2 Å². The van der Waals surface area contributed by atoms with Crippen molar-refractivity contribution in [1.29, 1.82) is 0 Å². The molecule has 3 nitrogen and oxygen atoms in total. The van der Waals surface area contributed by atoms with E-state index in [4.69, 9.17) is 4.74 Å². The van der Waals surface area contributed by atoms with Gasteiger partial charge in [0.1, 0.15) is 6.54 Å². The van der Waals surface area contributed by atoms with Gasteiger partial charge in [-0.05, 0) is 5.56 Å². The Morgan fingerprint density at radius 1 is 1.25 bits per heavy atom. The van der Waals surface area contributed by atoms with Gasteiger partial charge in [0, 0.05) is 0 Å². The van der Waals surface area contributed by atoms with Gasteiger partial charge in [0.05, 0.1) is 13.2 Å². The van der Waals surface area contributed by atoms with E-state index in [1.165, 1.54) is 0 Å². The van der Waals surface area contributed by atoms with Gasteiger partial charge in [-0.15, -0.1) is 0 Å². The highest BCUT2D eigenvalue weighted by atomic mass is 16.5. The van der Waals surface area contributed by atoms with Crippen molar-refractivity contribution >= 4 is 0 Å². The van der Waals surface area contributed by atoms with Gasteiger partial charge in [-0.2, -0.15) is 4.91 Å². The first-order valence-electron chi connectivity index (χ1n) is 3.84. The molecule has 0 bridgehead atoms. The van der Waals surface area contributed by atoms with Crippen molar-refractivity contribution in [2.45, 2.75) is 6.61 Å². The Balaban J connectivity index is 2.20. The molecule has 0 unspecified atom stereocenters. The summed E-state index contributed by atoms with van der Waals surface area (Å²) in [4.78, 5) is 9.69. The molecule has 0 aliphatic carbocycles. The fourth-order valence-electron chi connectivity index (χ4n) is 0.866. The Labute approximate surface area is 71.3 Å². The zero-order chi connectivity index (χ0) is 8.65. The topological polar surface area (TPSA) is 38.7 Å². The number of hydrogen-bond acceptors (Lipinski definition) is 3. The molecular formula is C9H11NO2. The average Bonchev–Trinajstić information content (AvgIpc) is 2.14. The Morgan fingerprint density at radius 2 is 2.00 bits per heavy atom. The van der Waals surface area contributed by atoms with Gasteiger partial charge < -0.3 is 4.74 Å². The monoisotopic (exact) mass is 165 g/mol. The molecule has 3 heteroatoms. The van der Waals surface area contributed by atoms with Crippen LogP contribution < -0.4 is 0 Å². The molecule has 12 heavy (non-hydrogen) atoms. The third kappa shape index (κ3) is 3.25. The van der Waals surface area contributed by atoms with Crippen LogP contribution in [0.3, 0.4) is 0 Å². The van der Waals surface area contributed by atoms with Crippen LogP contribution in [0.4, 0.5) is 0 Å². The minimum Gasteiger partial charge on any atom is -0.375 e. The van der Waals surface area contributed by atoms with Gasteiger partial charge in [-0.1, -0.05) is 35.5 Å². The van der Waals surface area contributed by atoms with Crippen molar-refractivity contribution in [3.63, 3.8) is 0 Å². The summed E-state index contributed by atoms with van der Waals surface area (Å²) in [5.41, 5.74) is 1.11. The highest BCUT2D eigenvalue weighted by Crippen LogP contribution is 1.99. The van der Waals surface area contributed by atoms with Gasteiger partial charge in [-0.25, -0.2) is 0 Å². The van der Waals surface area contributed by atoms with E-state index < -0.39 is 0 Å². The van der Waals surface area contributed by atoms with E-state index in [1.54, 1.807) is 0 Å². The molecular weight excluding hydrogens is 154 g/mol. The molecule has 0 aliphatic rings. The third-order valence-electron chi connectivity index (χ3n) is 1.44. The van der Waals surface area contributed by atoms with Crippen molar-refractivity contribution in [1.82, 2.24) is 0 Å². The first-order valence-corrected chi connectivity index (χ1v) is 3.84. The second-order valence-electron chi connectivity index (χ2n) is 2.39. The molecule has 64 valence electrons. The summed E-state index contributed by atoms with van der Waals surface area (Å²) >= 11 is 0. The molecule has 0 aromatic heterocycles. The molecule has 0 spiro atoms. The maximum absolute atomic E-state index is 9.69. The molecule has 1 aromatic rings. The van der Waals surface area contributed by atoms with Crippen LogP contribution in [-0.2, 0) is 11.3 Å². The lowest BCUT2D eigenvalue weighted by molar-refractivity contribution is 0.128. The van der Waals surface area contributed by atoms with Gasteiger partial charge >= 0.3 is 0 Å². The van der Waals surface area contributed by atoms with E-state index in [-0.39, 0.29) is 6.54 Å². The van der Waals surface area contributed by atoms with Crippen molar-refractivity contribution < 1.29 is 4.74 Å². The Kier molecular flexibility index (Phi) is 4.02. The molecule has 0 N–H and O–H groups in total. The van der Waals surface area contributed by atoms with E-state index in [2.05, 4.69) is 5.18 Å². The van der Waals surface area contributed by atoms with Crippen LogP contribution in [0.5, 0.6) is 0 Å². The standard InChI is InChI=1S/C9H11NO2/c11-10-6-7-12-8-9-4-2-1-3-5-9/h1-5H,6-8H2. The third-order valence-corrected chi connectivity index (χ3v) is 1.44. The lowest BCUT2D eigenvalue weighted by Gasteiger charge is -2.00. The number of nitroso groups, excluding NO2 is 1. The molecule has 0 radical (unpaired) electrons. The van der Waals surface area contributed by atoms with Gasteiger partial charge in [0.15, 0.2) is 0 Å². The summed E-state index contributed by atoms with van der Waals surface area (Å²) in [5.74, 6) is 0. The Morgan fingerprint density at radius 3 is 2.67 bits per heavy atom. The number of benzene rings is 1. The van der Waals surface area contributed by atoms with E-state index in [1.807, 2.05) is 30.3 Å². The quantitative estimate of drug-likeness (QED) is 0.494.